The van der Waals surface area contributed by atoms with Crippen molar-refractivity contribution in [2.75, 3.05) is 39.6 Å². The number of aliphatic hydroxyl groups excluding tert-OH is 1. The van der Waals surface area contributed by atoms with Gasteiger partial charge in [-0.25, -0.2) is 9.13 Å². The van der Waals surface area contributed by atoms with E-state index in [1.165, 1.54) is 128 Å². The van der Waals surface area contributed by atoms with Crippen LogP contribution in [0.15, 0.2) is 0 Å². The van der Waals surface area contributed by atoms with Crippen molar-refractivity contribution >= 4 is 39.5 Å². The molecule has 0 spiro atoms. The van der Waals surface area contributed by atoms with Crippen LogP contribution in [0.25, 0.3) is 0 Å². The largest absolute Gasteiger partial charge is 0.472 e. The van der Waals surface area contributed by atoms with Gasteiger partial charge in [0.2, 0.25) is 0 Å². The Morgan fingerprint density at radius 3 is 0.916 bits per heavy atom. The Morgan fingerprint density at radius 1 is 0.349 bits per heavy atom. The predicted molar refractivity (Wildman–Crippen MR) is 331 cm³/mol. The first-order chi connectivity index (χ1) is 39.9. The first-order valence-electron chi connectivity index (χ1n) is 33.5. The minimum absolute atomic E-state index is 0.105. The molecular formula is C64H124O17P2. The molecule has 0 bridgehead atoms. The van der Waals surface area contributed by atoms with Gasteiger partial charge in [0.25, 0.3) is 0 Å². The molecule has 492 valence electrons. The average molecular weight is 1230 g/mol. The molecule has 3 N–H and O–H groups in total. The van der Waals surface area contributed by atoms with Gasteiger partial charge in [0, 0.05) is 25.7 Å². The molecule has 0 aromatic heterocycles. The van der Waals surface area contributed by atoms with Crippen molar-refractivity contribution in [3.63, 3.8) is 0 Å². The van der Waals surface area contributed by atoms with Gasteiger partial charge >= 0.3 is 39.5 Å². The molecule has 0 aromatic rings. The lowest BCUT2D eigenvalue weighted by Gasteiger charge is -2.21. The highest BCUT2D eigenvalue weighted by Gasteiger charge is 2.30. The number of hydrogen-bond acceptors (Lipinski definition) is 15. The highest BCUT2D eigenvalue weighted by Crippen LogP contribution is 2.45. The van der Waals surface area contributed by atoms with Crippen LogP contribution in [-0.2, 0) is 65.4 Å². The monoisotopic (exact) mass is 1230 g/mol. The Labute approximate surface area is 505 Å². The van der Waals surface area contributed by atoms with Crippen LogP contribution in [0.3, 0.4) is 0 Å². The van der Waals surface area contributed by atoms with Crippen LogP contribution >= 0.6 is 15.6 Å². The van der Waals surface area contributed by atoms with Crippen molar-refractivity contribution in [3.8, 4) is 0 Å². The SMILES string of the molecule is CCCCCCCCCCCC(=O)O[C@H](COC(=O)CCCCCCC)COP(=O)(O)OC[C@H](O)COP(=O)(O)OC[C@@H](COC(=O)CCCCCCCCCCC(C)CC)OC(=O)CCCCCCCCCCCCCCCCC(C)C. The number of unbranched alkanes of at least 4 members (excludes halogenated alkanes) is 32. The molecule has 83 heavy (non-hydrogen) atoms. The minimum atomic E-state index is -4.94. The quantitative estimate of drug-likeness (QED) is 0.0222. The summed E-state index contributed by atoms with van der Waals surface area (Å²) < 4.78 is 67.8. The smallest absolute Gasteiger partial charge is 0.462 e. The Morgan fingerprint density at radius 2 is 0.614 bits per heavy atom. The second kappa shape index (κ2) is 56.6. The molecule has 0 saturated heterocycles. The molecule has 0 aliphatic carbocycles. The Balaban J connectivity index is 5.16. The third-order valence-electron chi connectivity index (χ3n) is 15.1. The number of ether oxygens (including phenoxy) is 4. The maximum absolute atomic E-state index is 13.0. The van der Waals surface area contributed by atoms with E-state index in [9.17, 15) is 43.2 Å². The van der Waals surface area contributed by atoms with Crippen molar-refractivity contribution < 1.29 is 80.2 Å². The maximum atomic E-state index is 13.0. The van der Waals surface area contributed by atoms with Crippen molar-refractivity contribution in [2.45, 2.75) is 336 Å². The fourth-order valence-corrected chi connectivity index (χ4v) is 11.1. The zero-order chi connectivity index (χ0) is 61.5. The number of rotatable bonds is 63. The van der Waals surface area contributed by atoms with Gasteiger partial charge in [-0.1, -0.05) is 266 Å². The van der Waals surface area contributed by atoms with Crippen LogP contribution in [0.1, 0.15) is 318 Å². The molecule has 17 nitrogen and oxygen atoms in total. The number of phosphoric ester groups is 2. The van der Waals surface area contributed by atoms with E-state index in [-0.39, 0.29) is 25.7 Å². The highest BCUT2D eigenvalue weighted by molar-refractivity contribution is 7.47. The molecule has 0 amide bonds. The second-order valence-corrected chi connectivity index (χ2v) is 26.8. The maximum Gasteiger partial charge on any atom is 0.472 e. The molecule has 0 rings (SSSR count). The van der Waals surface area contributed by atoms with Gasteiger partial charge in [0.15, 0.2) is 12.2 Å². The number of carbonyl (C=O) groups is 4. The van der Waals surface area contributed by atoms with Crippen molar-refractivity contribution in [2.24, 2.45) is 11.8 Å². The lowest BCUT2D eigenvalue weighted by atomic mass is 9.99. The van der Waals surface area contributed by atoms with E-state index < -0.39 is 97.5 Å². The normalized spacial score (nSPS) is 14.6. The molecule has 0 aliphatic rings. The summed E-state index contributed by atoms with van der Waals surface area (Å²) in [7, 11) is -9.88. The number of phosphoric acid groups is 2. The van der Waals surface area contributed by atoms with E-state index in [0.29, 0.717) is 25.7 Å². The highest BCUT2D eigenvalue weighted by atomic mass is 31.2. The van der Waals surface area contributed by atoms with Crippen LogP contribution < -0.4 is 0 Å². The standard InChI is InChI=1S/C64H124O17P2/c1-7-10-12-14-15-22-30-36-42-48-63(68)80-59(52-74-61(66)46-40-32-13-11-8-2)54-78-82(70,71)76-50-58(65)51-77-83(72,73)79-55-60(53-75-62(67)47-41-35-29-26-25-28-34-39-45-57(6)9-3)81-64(69)49-43-37-31-24-21-19-17-16-18-20-23-27-33-38-44-56(4)5/h56-60,65H,7-55H2,1-6H3,(H,70,71)(H,72,73)/t57?,58-,59+,60+/m0/s1. The zero-order valence-electron chi connectivity index (χ0n) is 53.5. The summed E-state index contributed by atoms with van der Waals surface area (Å²) in [6.45, 7) is 9.42. The summed E-state index contributed by atoms with van der Waals surface area (Å²) >= 11 is 0. The molecular weight excluding hydrogens is 1100 g/mol. The predicted octanol–water partition coefficient (Wildman–Crippen LogP) is 17.7. The molecule has 0 radical (unpaired) electrons. The summed E-state index contributed by atoms with van der Waals surface area (Å²) in [4.78, 5) is 71.9. The van der Waals surface area contributed by atoms with Crippen LogP contribution in [0.5, 0.6) is 0 Å². The van der Waals surface area contributed by atoms with Crippen LogP contribution in [0, 0.1) is 11.8 Å². The topological polar surface area (TPSA) is 237 Å². The van der Waals surface area contributed by atoms with Crippen molar-refractivity contribution in [1.82, 2.24) is 0 Å². The third-order valence-corrected chi connectivity index (χ3v) is 17.0. The fourth-order valence-electron chi connectivity index (χ4n) is 9.50. The van der Waals surface area contributed by atoms with E-state index in [4.69, 9.17) is 37.0 Å². The zero-order valence-corrected chi connectivity index (χ0v) is 55.3. The molecule has 0 aliphatic heterocycles. The molecule has 3 unspecified atom stereocenters. The van der Waals surface area contributed by atoms with Crippen molar-refractivity contribution in [3.05, 3.63) is 0 Å². The molecule has 0 heterocycles. The molecule has 0 aromatic carbocycles. The van der Waals surface area contributed by atoms with Gasteiger partial charge in [0.1, 0.15) is 19.3 Å². The fraction of sp³-hybridized carbons (Fsp3) is 0.938. The first kappa shape index (κ1) is 81.1. The van der Waals surface area contributed by atoms with E-state index in [2.05, 4.69) is 41.5 Å². The summed E-state index contributed by atoms with van der Waals surface area (Å²) in [5.74, 6) is -0.573. The van der Waals surface area contributed by atoms with E-state index in [0.717, 1.165) is 108 Å². The molecule has 0 fully saturated rings. The molecule has 6 atom stereocenters. The second-order valence-electron chi connectivity index (χ2n) is 23.9. The molecule has 0 saturated carbocycles. The van der Waals surface area contributed by atoms with Gasteiger partial charge in [-0.15, -0.1) is 0 Å². The van der Waals surface area contributed by atoms with Crippen molar-refractivity contribution in [1.29, 1.82) is 0 Å². The van der Waals surface area contributed by atoms with Gasteiger partial charge in [-0.2, -0.15) is 0 Å². The lowest BCUT2D eigenvalue weighted by molar-refractivity contribution is -0.161. The Bertz CT molecular complexity index is 1630. The van der Waals surface area contributed by atoms with Gasteiger partial charge in [-0.05, 0) is 37.5 Å². The van der Waals surface area contributed by atoms with Crippen LogP contribution in [0.4, 0.5) is 0 Å². The van der Waals surface area contributed by atoms with Gasteiger partial charge < -0.3 is 33.8 Å². The van der Waals surface area contributed by atoms with Gasteiger partial charge in [-0.3, -0.25) is 37.3 Å². The average Bonchev–Trinajstić information content (AvgIpc) is 3.47. The van der Waals surface area contributed by atoms with E-state index >= 15 is 0 Å². The number of carbonyl (C=O) groups excluding carboxylic acids is 4. The summed E-state index contributed by atoms with van der Waals surface area (Å²) in [5, 5.41) is 10.5. The van der Waals surface area contributed by atoms with E-state index in [1.54, 1.807) is 0 Å². The minimum Gasteiger partial charge on any atom is -0.462 e. The van der Waals surface area contributed by atoms with Crippen LogP contribution in [-0.4, -0.2) is 96.7 Å². The number of hydrogen-bond donors (Lipinski definition) is 3. The Kier molecular flexibility index (Phi) is 55.2. The number of aliphatic hydroxyl groups is 1. The third kappa shape index (κ3) is 57.6. The summed E-state index contributed by atoms with van der Waals surface area (Å²) in [5.41, 5.74) is 0. The lowest BCUT2D eigenvalue weighted by Crippen LogP contribution is -2.30. The number of esters is 4. The molecule has 19 heteroatoms. The summed E-state index contributed by atoms with van der Waals surface area (Å²) in [6.07, 6.45) is 39.3. The summed E-state index contributed by atoms with van der Waals surface area (Å²) in [6, 6.07) is 0. The Hall–Kier alpha value is -1.94. The van der Waals surface area contributed by atoms with Gasteiger partial charge in [0.05, 0.1) is 26.4 Å². The van der Waals surface area contributed by atoms with E-state index in [1.807, 2.05) is 0 Å². The first-order valence-corrected chi connectivity index (χ1v) is 36.5. The van der Waals surface area contributed by atoms with Crippen LogP contribution in [0.2, 0.25) is 0 Å².